The van der Waals surface area contributed by atoms with E-state index in [1.54, 1.807) is 17.0 Å². The number of nitrogens with zero attached hydrogens (tertiary/aromatic N) is 1. The maximum atomic E-state index is 12.3. The van der Waals surface area contributed by atoms with Crippen LogP contribution in [0.4, 0.5) is 0 Å². The second-order valence-electron chi connectivity index (χ2n) is 6.58. The van der Waals surface area contributed by atoms with Gasteiger partial charge in [0.05, 0.1) is 5.92 Å². The molecule has 1 fully saturated rings. The Morgan fingerprint density at radius 3 is 2.46 bits per heavy atom. The van der Waals surface area contributed by atoms with Crippen LogP contribution in [0.15, 0.2) is 60.7 Å². The molecule has 1 amide bonds. The number of carbonyl (C=O) groups is 2. The van der Waals surface area contributed by atoms with Gasteiger partial charge in [-0.25, -0.2) is 0 Å². The van der Waals surface area contributed by atoms with Gasteiger partial charge in [0.2, 0.25) is 5.91 Å². The highest BCUT2D eigenvalue weighted by Crippen LogP contribution is 2.21. The normalized spacial score (nSPS) is 15.2. The maximum Gasteiger partial charge on any atom is 0.314 e. The lowest BCUT2D eigenvalue weighted by Gasteiger charge is -2.30. The Labute approximate surface area is 154 Å². The van der Waals surface area contributed by atoms with Gasteiger partial charge >= 0.3 is 5.97 Å². The van der Waals surface area contributed by atoms with E-state index in [9.17, 15) is 9.59 Å². The molecule has 4 heteroatoms. The van der Waals surface area contributed by atoms with E-state index in [1.165, 1.54) is 0 Å². The van der Waals surface area contributed by atoms with Crippen LogP contribution in [0.1, 0.15) is 24.0 Å². The van der Waals surface area contributed by atoms with Crippen molar-refractivity contribution >= 4 is 18.0 Å². The molecule has 1 aliphatic rings. The van der Waals surface area contributed by atoms with Crippen molar-refractivity contribution in [1.29, 1.82) is 0 Å². The molecule has 3 rings (SSSR count). The first-order chi connectivity index (χ1) is 12.6. The van der Waals surface area contributed by atoms with E-state index in [4.69, 9.17) is 4.74 Å². The minimum absolute atomic E-state index is 0.0145. The largest absolute Gasteiger partial charge is 0.426 e. The van der Waals surface area contributed by atoms with Crippen LogP contribution < -0.4 is 4.74 Å². The molecule has 0 bridgehead atoms. The monoisotopic (exact) mass is 349 g/mol. The van der Waals surface area contributed by atoms with Crippen LogP contribution >= 0.6 is 0 Å². The Morgan fingerprint density at radius 1 is 1.04 bits per heavy atom. The van der Waals surface area contributed by atoms with Crippen molar-refractivity contribution < 1.29 is 14.3 Å². The first-order valence-electron chi connectivity index (χ1n) is 8.92. The molecule has 0 N–H and O–H groups in total. The number of carbonyl (C=O) groups excluding carboxylic acids is 2. The van der Waals surface area contributed by atoms with Crippen molar-refractivity contribution in [3.63, 3.8) is 0 Å². The average Bonchev–Trinajstić information content (AvgIpc) is 2.67. The lowest BCUT2D eigenvalue weighted by Crippen LogP contribution is -2.40. The van der Waals surface area contributed by atoms with Crippen molar-refractivity contribution in [1.82, 2.24) is 4.90 Å². The summed E-state index contributed by atoms with van der Waals surface area (Å²) in [6.45, 7) is 3.11. The van der Waals surface area contributed by atoms with Crippen molar-refractivity contribution in [2.24, 2.45) is 5.92 Å². The molecule has 0 aliphatic carbocycles. The minimum Gasteiger partial charge on any atom is -0.426 e. The summed E-state index contributed by atoms with van der Waals surface area (Å²) in [5.41, 5.74) is 2.05. The minimum atomic E-state index is -0.206. The lowest BCUT2D eigenvalue weighted by atomic mass is 9.97. The number of aryl methyl sites for hydroxylation is 1. The second-order valence-corrected chi connectivity index (χ2v) is 6.58. The van der Waals surface area contributed by atoms with E-state index in [-0.39, 0.29) is 17.8 Å². The molecule has 0 atom stereocenters. The lowest BCUT2D eigenvalue weighted by molar-refractivity contribution is -0.142. The number of piperidine rings is 1. The number of rotatable bonds is 4. The van der Waals surface area contributed by atoms with Gasteiger partial charge in [0, 0.05) is 19.2 Å². The number of esters is 1. The van der Waals surface area contributed by atoms with E-state index < -0.39 is 0 Å². The van der Waals surface area contributed by atoms with Crippen LogP contribution in [0, 0.1) is 12.8 Å². The molecule has 0 spiro atoms. The molecular weight excluding hydrogens is 326 g/mol. The summed E-state index contributed by atoms with van der Waals surface area (Å²) < 4.78 is 5.48. The fraction of sp³-hybridized carbons (Fsp3) is 0.273. The SMILES string of the molecule is Cc1cccc(OC(=O)C2CCN(C(=O)/C=C/c3ccccc3)CC2)c1. The number of benzene rings is 2. The van der Waals surface area contributed by atoms with Crippen molar-refractivity contribution in [3.05, 3.63) is 71.8 Å². The number of hydrogen-bond donors (Lipinski definition) is 0. The van der Waals surface area contributed by atoms with Gasteiger partial charge in [-0.15, -0.1) is 0 Å². The zero-order chi connectivity index (χ0) is 18.4. The molecule has 2 aromatic carbocycles. The zero-order valence-electron chi connectivity index (χ0n) is 14.9. The van der Waals surface area contributed by atoms with E-state index in [2.05, 4.69) is 0 Å². The van der Waals surface area contributed by atoms with E-state index in [1.807, 2.05) is 61.5 Å². The van der Waals surface area contributed by atoms with Gasteiger partial charge in [0.1, 0.15) is 5.75 Å². The van der Waals surface area contributed by atoms with Crippen LogP contribution in [0.5, 0.6) is 5.75 Å². The molecule has 1 saturated heterocycles. The first-order valence-corrected chi connectivity index (χ1v) is 8.92. The summed E-state index contributed by atoms with van der Waals surface area (Å²) in [4.78, 5) is 26.4. The highest BCUT2D eigenvalue weighted by Gasteiger charge is 2.28. The molecule has 0 aromatic heterocycles. The van der Waals surface area contributed by atoms with Crippen molar-refractivity contribution in [3.8, 4) is 5.75 Å². The van der Waals surface area contributed by atoms with E-state index in [0.717, 1.165) is 11.1 Å². The fourth-order valence-corrected chi connectivity index (χ4v) is 3.05. The van der Waals surface area contributed by atoms with Gasteiger partial charge in [-0.05, 0) is 49.1 Å². The molecule has 0 saturated carbocycles. The Kier molecular flexibility index (Phi) is 5.84. The zero-order valence-corrected chi connectivity index (χ0v) is 14.9. The van der Waals surface area contributed by atoms with Gasteiger partial charge in [-0.1, -0.05) is 42.5 Å². The molecule has 26 heavy (non-hydrogen) atoms. The number of likely N-dealkylation sites (tertiary alicyclic amines) is 1. The van der Waals surface area contributed by atoms with Crippen LogP contribution in [-0.4, -0.2) is 29.9 Å². The second kappa shape index (κ2) is 8.48. The Balaban J connectivity index is 1.49. The van der Waals surface area contributed by atoms with Crippen LogP contribution in [-0.2, 0) is 9.59 Å². The first kappa shape index (κ1) is 17.9. The highest BCUT2D eigenvalue weighted by molar-refractivity contribution is 5.92. The summed E-state index contributed by atoms with van der Waals surface area (Å²) in [6, 6.07) is 17.2. The van der Waals surface area contributed by atoms with Gasteiger partial charge in [-0.2, -0.15) is 0 Å². The topological polar surface area (TPSA) is 46.6 Å². The molecule has 2 aromatic rings. The average molecular weight is 349 g/mol. The Hall–Kier alpha value is -2.88. The summed E-state index contributed by atoms with van der Waals surface area (Å²) in [7, 11) is 0. The van der Waals surface area contributed by atoms with Gasteiger partial charge < -0.3 is 9.64 Å². The maximum absolute atomic E-state index is 12.3. The standard InChI is InChI=1S/C22H23NO3/c1-17-6-5-9-20(16-17)26-22(25)19-12-14-23(15-13-19)21(24)11-10-18-7-3-2-4-8-18/h2-11,16,19H,12-15H2,1H3/b11-10+. The quantitative estimate of drug-likeness (QED) is 0.478. The van der Waals surface area contributed by atoms with Crippen LogP contribution in [0.25, 0.3) is 6.08 Å². The molecule has 134 valence electrons. The Bertz CT molecular complexity index is 790. The fourth-order valence-electron chi connectivity index (χ4n) is 3.05. The summed E-state index contributed by atoms with van der Waals surface area (Å²) in [5.74, 6) is 0.207. The third-order valence-corrected chi connectivity index (χ3v) is 4.57. The number of amides is 1. The van der Waals surface area contributed by atoms with Crippen molar-refractivity contribution in [2.75, 3.05) is 13.1 Å². The molecule has 0 unspecified atom stereocenters. The molecule has 4 nitrogen and oxygen atoms in total. The third kappa shape index (κ3) is 4.82. The van der Waals surface area contributed by atoms with Crippen LogP contribution in [0.3, 0.4) is 0 Å². The summed E-state index contributed by atoms with van der Waals surface area (Å²) in [5, 5.41) is 0. The smallest absolute Gasteiger partial charge is 0.314 e. The molecular formula is C22H23NO3. The van der Waals surface area contributed by atoms with Crippen molar-refractivity contribution in [2.45, 2.75) is 19.8 Å². The predicted molar refractivity (Wildman–Crippen MR) is 102 cm³/mol. The molecule has 0 radical (unpaired) electrons. The van der Waals surface area contributed by atoms with E-state index >= 15 is 0 Å². The van der Waals surface area contributed by atoms with Gasteiger partial charge in [0.25, 0.3) is 0 Å². The Morgan fingerprint density at radius 2 is 1.77 bits per heavy atom. The summed E-state index contributed by atoms with van der Waals surface area (Å²) in [6.07, 6.45) is 4.69. The number of ether oxygens (including phenoxy) is 1. The summed E-state index contributed by atoms with van der Waals surface area (Å²) >= 11 is 0. The van der Waals surface area contributed by atoms with Crippen LogP contribution in [0.2, 0.25) is 0 Å². The van der Waals surface area contributed by atoms with Gasteiger partial charge in [-0.3, -0.25) is 9.59 Å². The molecule has 1 aliphatic heterocycles. The predicted octanol–water partition coefficient (Wildman–Crippen LogP) is 3.85. The highest BCUT2D eigenvalue weighted by atomic mass is 16.5. The molecule has 1 heterocycles. The van der Waals surface area contributed by atoms with E-state index in [0.29, 0.717) is 31.7 Å². The number of hydrogen-bond acceptors (Lipinski definition) is 3. The van der Waals surface area contributed by atoms with Gasteiger partial charge in [0.15, 0.2) is 0 Å². The third-order valence-electron chi connectivity index (χ3n) is 4.57.